The molecule has 0 radical (unpaired) electrons. The van der Waals surface area contributed by atoms with Gasteiger partial charge >= 0.3 is 0 Å². The predicted molar refractivity (Wildman–Crippen MR) is 69.9 cm³/mol. The molecule has 0 atom stereocenters. The van der Waals surface area contributed by atoms with Gasteiger partial charge < -0.3 is 9.47 Å². The fourth-order valence-electron chi connectivity index (χ4n) is 2.51. The molecule has 0 saturated heterocycles. The Morgan fingerprint density at radius 2 is 2.00 bits per heavy atom. The number of para-hydroxylation sites is 1. The van der Waals surface area contributed by atoms with Crippen LogP contribution in [0, 0.1) is 0 Å². The summed E-state index contributed by atoms with van der Waals surface area (Å²) in [4.78, 5) is 12.1. The van der Waals surface area contributed by atoms with E-state index in [1.807, 2.05) is 24.3 Å². The summed E-state index contributed by atoms with van der Waals surface area (Å²) < 4.78 is 10.7. The smallest absolute Gasteiger partial charge is 0.140 e. The van der Waals surface area contributed by atoms with Crippen LogP contribution in [0.5, 0.6) is 5.75 Å². The first kappa shape index (κ1) is 13.1. The number of methoxy groups -OCH3 is 2. The third-order valence-electron chi connectivity index (χ3n) is 3.80. The molecule has 1 aromatic carbocycles. The van der Waals surface area contributed by atoms with Crippen molar-refractivity contribution in [3.63, 3.8) is 0 Å². The number of rotatable bonds is 6. The third kappa shape index (κ3) is 2.72. The topological polar surface area (TPSA) is 35.5 Å². The summed E-state index contributed by atoms with van der Waals surface area (Å²) in [6.07, 6.45) is 4.11. The Balaban J connectivity index is 1.98. The van der Waals surface area contributed by atoms with E-state index in [2.05, 4.69) is 0 Å². The molecule has 1 aliphatic rings. The van der Waals surface area contributed by atoms with Crippen LogP contribution in [-0.4, -0.2) is 25.6 Å². The van der Waals surface area contributed by atoms with Crippen LogP contribution in [-0.2, 0) is 16.0 Å². The lowest BCUT2D eigenvalue weighted by atomic mass is 9.76. The van der Waals surface area contributed by atoms with Gasteiger partial charge in [-0.05, 0) is 25.3 Å². The van der Waals surface area contributed by atoms with Crippen LogP contribution >= 0.6 is 0 Å². The van der Waals surface area contributed by atoms with Crippen LogP contribution in [0.2, 0.25) is 0 Å². The maximum atomic E-state index is 12.1. The van der Waals surface area contributed by atoms with Gasteiger partial charge in [0.2, 0.25) is 0 Å². The molecule has 0 amide bonds. The number of hydrogen-bond acceptors (Lipinski definition) is 3. The first-order valence-electron chi connectivity index (χ1n) is 6.38. The van der Waals surface area contributed by atoms with Gasteiger partial charge in [0.25, 0.3) is 0 Å². The highest BCUT2D eigenvalue weighted by Crippen LogP contribution is 2.38. The molecule has 3 heteroatoms. The minimum Gasteiger partial charge on any atom is -0.496 e. The van der Waals surface area contributed by atoms with Gasteiger partial charge in [-0.2, -0.15) is 0 Å². The molecule has 3 nitrogen and oxygen atoms in total. The molecule has 98 valence electrons. The van der Waals surface area contributed by atoms with Crippen molar-refractivity contribution >= 4 is 5.78 Å². The molecule has 0 N–H and O–H groups in total. The number of Topliss-reactive ketones (excluding diaryl/α,β-unsaturated/α-hetero) is 1. The highest BCUT2D eigenvalue weighted by Gasteiger charge is 2.38. The van der Waals surface area contributed by atoms with Crippen molar-refractivity contribution in [2.24, 2.45) is 0 Å². The molecule has 1 aromatic rings. The number of carbonyl (C=O) groups excluding carboxylic acids is 1. The van der Waals surface area contributed by atoms with E-state index in [9.17, 15) is 4.79 Å². The van der Waals surface area contributed by atoms with Crippen LogP contribution in [0.25, 0.3) is 0 Å². The second-order valence-corrected chi connectivity index (χ2v) is 4.94. The molecule has 2 rings (SSSR count). The van der Waals surface area contributed by atoms with Gasteiger partial charge in [-0.3, -0.25) is 4.79 Å². The molecule has 0 heterocycles. The van der Waals surface area contributed by atoms with E-state index < -0.39 is 0 Å². The first-order valence-corrected chi connectivity index (χ1v) is 6.38. The number of hydrogen-bond donors (Lipinski definition) is 0. The Labute approximate surface area is 108 Å². The highest BCUT2D eigenvalue weighted by molar-refractivity contribution is 5.82. The van der Waals surface area contributed by atoms with E-state index in [1.165, 1.54) is 0 Å². The van der Waals surface area contributed by atoms with Crippen molar-refractivity contribution in [2.75, 3.05) is 14.2 Å². The maximum Gasteiger partial charge on any atom is 0.140 e. The third-order valence-corrected chi connectivity index (χ3v) is 3.80. The van der Waals surface area contributed by atoms with Crippen LogP contribution in [0.1, 0.15) is 31.2 Å². The van der Waals surface area contributed by atoms with E-state index in [0.29, 0.717) is 12.8 Å². The van der Waals surface area contributed by atoms with Crippen LogP contribution < -0.4 is 4.74 Å². The second-order valence-electron chi connectivity index (χ2n) is 4.94. The Bertz CT molecular complexity index is 416. The van der Waals surface area contributed by atoms with E-state index in [-0.39, 0.29) is 11.4 Å². The zero-order valence-corrected chi connectivity index (χ0v) is 11.1. The SMILES string of the molecule is COc1ccccc1CC(=O)CC1(OC)CCC1. The summed E-state index contributed by atoms with van der Waals surface area (Å²) in [5.74, 6) is 1.01. The number of ketones is 1. The lowest BCUT2D eigenvalue weighted by molar-refractivity contribution is -0.131. The minimum atomic E-state index is -0.181. The van der Waals surface area contributed by atoms with E-state index in [0.717, 1.165) is 30.6 Å². The van der Waals surface area contributed by atoms with Crippen LogP contribution in [0.3, 0.4) is 0 Å². The van der Waals surface area contributed by atoms with Crippen LogP contribution in [0.15, 0.2) is 24.3 Å². The fraction of sp³-hybridized carbons (Fsp3) is 0.533. The summed E-state index contributed by atoms with van der Waals surface area (Å²) in [6, 6.07) is 7.67. The quantitative estimate of drug-likeness (QED) is 0.776. The molecule has 18 heavy (non-hydrogen) atoms. The fourth-order valence-corrected chi connectivity index (χ4v) is 2.51. The summed E-state index contributed by atoms with van der Waals surface area (Å²) >= 11 is 0. The van der Waals surface area contributed by atoms with Gasteiger partial charge in [-0.15, -0.1) is 0 Å². The predicted octanol–water partition coefficient (Wildman–Crippen LogP) is 2.77. The number of benzene rings is 1. The average Bonchev–Trinajstić information content (AvgIpc) is 2.34. The summed E-state index contributed by atoms with van der Waals surface area (Å²) in [5.41, 5.74) is 0.773. The van der Waals surface area contributed by atoms with Gasteiger partial charge in [0.15, 0.2) is 0 Å². The molecule has 1 saturated carbocycles. The molecule has 0 unspecified atom stereocenters. The zero-order valence-electron chi connectivity index (χ0n) is 11.1. The molecule has 0 aromatic heterocycles. The lowest BCUT2D eigenvalue weighted by Crippen LogP contribution is -2.41. The Morgan fingerprint density at radius 1 is 1.28 bits per heavy atom. The lowest BCUT2D eigenvalue weighted by Gasteiger charge is -2.40. The molecular weight excluding hydrogens is 228 g/mol. The number of carbonyl (C=O) groups is 1. The van der Waals surface area contributed by atoms with Crippen molar-refractivity contribution in [3.05, 3.63) is 29.8 Å². The van der Waals surface area contributed by atoms with Crippen LogP contribution in [0.4, 0.5) is 0 Å². The van der Waals surface area contributed by atoms with Gasteiger partial charge in [-0.25, -0.2) is 0 Å². The first-order chi connectivity index (χ1) is 8.69. The average molecular weight is 248 g/mol. The molecule has 0 aliphatic heterocycles. The second kappa shape index (κ2) is 5.53. The van der Waals surface area contributed by atoms with Crippen molar-refractivity contribution in [3.8, 4) is 5.75 Å². The Kier molecular flexibility index (Phi) is 4.02. The van der Waals surface area contributed by atoms with E-state index in [4.69, 9.17) is 9.47 Å². The monoisotopic (exact) mass is 248 g/mol. The van der Waals surface area contributed by atoms with Gasteiger partial charge in [0.05, 0.1) is 12.7 Å². The van der Waals surface area contributed by atoms with Crippen molar-refractivity contribution < 1.29 is 14.3 Å². The molecular formula is C15H20O3. The van der Waals surface area contributed by atoms with Crippen molar-refractivity contribution in [1.82, 2.24) is 0 Å². The number of ether oxygens (including phenoxy) is 2. The summed E-state index contributed by atoms with van der Waals surface area (Å²) in [6.45, 7) is 0. The minimum absolute atomic E-state index is 0.181. The zero-order chi connectivity index (χ0) is 13.0. The largest absolute Gasteiger partial charge is 0.496 e. The van der Waals surface area contributed by atoms with Gasteiger partial charge in [0, 0.05) is 25.5 Å². The highest BCUT2D eigenvalue weighted by atomic mass is 16.5. The maximum absolute atomic E-state index is 12.1. The molecule has 0 spiro atoms. The van der Waals surface area contributed by atoms with E-state index >= 15 is 0 Å². The van der Waals surface area contributed by atoms with E-state index in [1.54, 1.807) is 14.2 Å². The Hall–Kier alpha value is -1.35. The standard InChI is InChI=1S/C15H20O3/c1-17-14-7-4-3-6-12(14)10-13(16)11-15(18-2)8-5-9-15/h3-4,6-7H,5,8-11H2,1-2H3. The molecule has 0 bridgehead atoms. The van der Waals surface area contributed by atoms with Crippen molar-refractivity contribution in [1.29, 1.82) is 0 Å². The normalized spacial score (nSPS) is 17.0. The van der Waals surface area contributed by atoms with Gasteiger partial charge in [0.1, 0.15) is 11.5 Å². The Morgan fingerprint density at radius 3 is 2.56 bits per heavy atom. The molecule has 1 fully saturated rings. The molecule has 1 aliphatic carbocycles. The van der Waals surface area contributed by atoms with Gasteiger partial charge in [-0.1, -0.05) is 18.2 Å². The van der Waals surface area contributed by atoms with Crippen molar-refractivity contribution in [2.45, 2.75) is 37.7 Å². The summed E-state index contributed by atoms with van der Waals surface area (Å²) in [7, 11) is 3.33. The summed E-state index contributed by atoms with van der Waals surface area (Å²) in [5, 5.41) is 0.